The molecule has 0 aliphatic rings. The highest BCUT2D eigenvalue weighted by molar-refractivity contribution is 5.20. The van der Waals surface area contributed by atoms with Crippen molar-refractivity contribution in [2.24, 2.45) is 0 Å². The molecule has 0 heterocycles. The number of aliphatic hydroxyl groups excluding tert-OH is 1. The molecule has 0 bridgehead atoms. The fourth-order valence-electron chi connectivity index (χ4n) is 1.97. The quantitative estimate of drug-likeness (QED) is 0.582. The van der Waals surface area contributed by atoms with Gasteiger partial charge in [0, 0.05) is 6.42 Å². The average molecular weight is 259 g/mol. The smallest absolute Gasteiger partial charge is 0.0666 e. The van der Waals surface area contributed by atoms with E-state index in [1.807, 2.05) is 37.3 Å². The number of nitrogens with one attached hydrogen (secondary N) is 1. The third-order valence-corrected chi connectivity index (χ3v) is 3.06. The van der Waals surface area contributed by atoms with Crippen molar-refractivity contribution in [3.8, 4) is 11.8 Å². The van der Waals surface area contributed by atoms with Crippen LogP contribution in [0.3, 0.4) is 0 Å². The molecule has 0 aromatic heterocycles. The van der Waals surface area contributed by atoms with E-state index in [9.17, 15) is 5.11 Å². The molecule has 0 saturated heterocycles. The second-order valence-corrected chi connectivity index (χ2v) is 4.81. The Kier molecular flexibility index (Phi) is 7.97. The van der Waals surface area contributed by atoms with E-state index in [1.54, 1.807) is 0 Å². The first-order chi connectivity index (χ1) is 9.27. The van der Waals surface area contributed by atoms with Crippen LogP contribution in [0.15, 0.2) is 30.3 Å². The number of rotatable bonds is 7. The van der Waals surface area contributed by atoms with Gasteiger partial charge in [-0.25, -0.2) is 0 Å². The third-order valence-electron chi connectivity index (χ3n) is 3.06. The van der Waals surface area contributed by atoms with E-state index in [4.69, 9.17) is 0 Å². The monoisotopic (exact) mass is 259 g/mol. The van der Waals surface area contributed by atoms with Gasteiger partial charge in [-0.15, -0.1) is 5.92 Å². The number of hydrogen-bond acceptors (Lipinski definition) is 2. The Hall–Kier alpha value is -1.30. The maximum absolute atomic E-state index is 9.46. The topological polar surface area (TPSA) is 32.3 Å². The predicted octanol–water partition coefficient (Wildman–Crippen LogP) is 3.28. The molecule has 19 heavy (non-hydrogen) atoms. The average Bonchev–Trinajstić information content (AvgIpc) is 2.45. The van der Waals surface area contributed by atoms with Crippen LogP contribution in [0.1, 0.15) is 51.1 Å². The van der Waals surface area contributed by atoms with Gasteiger partial charge in [0.25, 0.3) is 0 Å². The lowest BCUT2D eigenvalue weighted by Crippen LogP contribution is -2.31. The minimum absolute atomic E-state index is 0.0406. The molecule has 1 rings (SSSR count). The largest absolute Gasteiger partial charge is 0.394 e. The summed E-state index contributed by atoms with van der Waals surface area (Å²) >= 11 is 0. The van der Waals surface area contributed by atoms with E-state index in [2.05, 4.69) is 24.1 Å². The van der Waals surface area contributed by atoms with Gasteiger partial charge in [-0.05, 0) is 18.9 Å². The van der Waals surface area contributed by atoms with Crippen molar-refractivity contribution in [3.05, 3.63) is 35.9 Å². The van der Waals surface area contributed by atoms with Gasteiger partial charge < -0.3 is 5.11 Å². The van der Waals surface area contributed by atoms with Crippen molar-refractivity contribution >= 4 is 0 Å². The van der Waals surface area contributed by atoms with Crippen LogP contribution in [0, 0.1) is 11.8 Å². The summed E-state index contributed by atoms with van der Waals surface area (Å²) in [6.45, 7) is 4.33. The first-order valence-electron chi connectivity index (χ1n) is 7.18. The summed E-state index contributed by atoms with van der Waals surface area (Å²) in [7, 11) is 0. The molecule has 0 aliphatic heterocycles. The van der Waals surface area contributed by atoms with Crippen LogP contribution in [0.4, 0.5) is 0 Å². The van der Waals surface area contributed by atoms with Crippen LogP contribution >= 0.6 is 0 Å². The van der Waals surface area contributed by atoms with E-state index >= 15 is 0 Å². The van der Waals surface area contributed by atoms with Gasteiger partial charge in [-0.3, -0.25) is 5.32 Å². The van der Waals surface area contributed by atoms with E-state index < -0.39 is 0 Å². The van der Waals surface area contributed by atoms with Gasteiger partial charge in [0.2, 0.25) is 0 Å². The molecule has 2 N–H and O–H groups in total. The van der Waals surface area contributed by atoms with Crippen molar-refractivity contribution in [2.45, 2.75) is 51.6 Å². The fraction of sp³-hybridized carbons (Fsp3) is 0.529. The van der Waals surface area contributed by atoms with Gasteiger partial charge in [0.05, 0.1) is 18.7 Å². The molecule has 1 aromatic carbocycles. The fourth-order valence-corrected chi connectivity index (χ4v) is 1.97. The lowest BCUT2D eigenvalue weighted by molar-refractivity contribution is 0.241. The standard InChI is InChI=1S/C17H25NO/c1-3-4-5-6-8-11-15(2)18-17(14-19)16-12-9-7-10-13-16/h7,9-10,12-13,15,17-19H,3-6,14H2,1-2H3/t15-,17+/m1/s1. The van der Waals surface area contributed by atoms with Crippen molar-refractivity contribution in [3.63, 3.8) is 0 Å². The molecule has 0 radical (unpaired) electrons. The van der Waals surface area contributed by atoms with Crippen LogP contribution in [0.2, 0.25) is 0 Å². The van der Waals surface area contributed by atoms with Gasteiger partial charge >= 0.3 is 0 Å². The molecule has 0 aliphatic carbocycles. The van der Waals surface area contributed by atoms with Gasteiger partial charge in [0.1, 0.15) is 0 Å². The van der Waals surface area contributed by atoms with E-state index in [-0.39, 0.29) is 18.7 Å². The van der Waals surface area contributed by atoms with Crippen molar-refractivity contribution in [2.75, 3.05) is 6.61 Å². The zero-order valence-corrected chi connectivity index (χ0v) is 12.0. The minimum atomic E-state index is -0.0406. The zero-order chi connectivity index (χ0) is 13.9. The number of aliphatic hydroxyl groups is 1. The Morgan fingerprint density at radius 3 is 2.58 bits per heavy atom. The molecule has 0 fully saturated rings. The molecule has 0 unspecified atom stereocenters. The molecule has 0 spiro atoms. The summed E-state index contributed by atoms with van der Waals surface area (Å²) in [5.41, 5.74) is 1.10. The Morgan fingerprint density at radius 1 is 1.21 bits per heavy atom. The molecule has 0 saturated carbocycles. The zero-order valence-electron chi connectivity index (χ0n) is 12.0. The summed E-state index contributed by atoms with van der Waals surface area (Å²) in [5.74, 6) is 6.41. The van der Waals surface area contributed by atoms with E-state index in [0.717, 1.165) is 12.0 Å². The highest BCUT2D eigenvalue weighted by Crippen LogP contribution is 2.12. The Morgan fingerprint density at radius 2 is 1.95 bits per heavy atom. The molecular weight excluding hydrogens is 234 g/mol. The van der Waals surface area contributed by atoms with Crippen LogP contribution < -0.4 is 5.32 Å². The summed E-state index contributed by atoms with van der Waals surface area (Å²) in [6.07, 6.45) is 4.63. The lowest BCUT2D eigenvalue weighted by Gasteiger charge is -2.18. The summed E-state index contributed by atoms with van der Waals surface area (Å²) in [5, 5.41) is 12.8. The second-order valence-electron chi connectivity index (χ2n) is 4.81. The summed E-state index contributed by atoms with van der Waals surface area (Å²) < 4.78 is 0. The van der Waals surface area contributed by atoms with Crippen molar-refractivity contribution in [1.29, 1.82) is 0 Å². The normalized spacial score (nSPS) is 13.4. The molecule has 2 heteroatoms. The van der Waals surface area contributed by atoms with E-state index in [0.29, 0.717) is 0 Å². The highest BCUT2D eigenvalue weighted by atomic mass is 16.3. The molecule has 1 aromatic rings. The first-order valence-corrected chi connectivity index (χ1v) is 7.18. The summed E-state index contributed by atoms with van der Waals surface area (Å²) in [4.78, 5) is 0. The van der Waals surface area contributed by atoms with Crippen LogP contribution in [0.25, 0.3) is 0 Å². The Labute approximate surface area is 117 Å². The van der Waals surface area contributed by atoms with E-state index in [1.165, 1.54) is 19.3 Å². The van der Waals surface area contributed by atoms with Gasteiger partial charge in [-0.1, -0.05) is 56.0 Å². The third kappa shape index (κ3) is 6.42. The molecule has 0 amide bonds. The number of unbranched alkanes of at least 4 members (excludes halogenated alkanes) is 3. The molecule has 2 atom stereocenters. The maximum Gasteiger partial charge on any atom is 0.0666 e. The van der Waals surface area contributed by atoms with Crippen LogP contribution in [-0.2, 0) is 0 Å². The van der Waals surface area contributed by atoms with Crippen LogP contribution in [-0.4, -0.2) is 17.8 Å². The number of hydrogen-bond donors (Lipinski definition) is 2. The number of benzene rings is 1. The predicted molar refractivity (Wildman–Crippen MR) is 80.8 cm³/mol. The van der Waals surface area contributed by atoms with Gasteiger partial charge in [-0.2, -0.15) is 0 Å². The molecule has 104 valence electrons. The summed E-state index contributed by atoms with van der Waals surface area (Å²) in [6, 6.07) is 10.1. The SMILES string of the molecule is CCCCCC#C[C@@H](C)N[C@@H](CO)c1ccccc1. The highest BCUT2D eigenvalue weighted by Gasteiger charge is 2.11. The van der Waals surface area contributed by atoms with Gasteiger partial charge in [0.15, 0.2) is 0 Å². The second kappa shape index (κ2) is 9.61. The Balaban J connectivity index is 2.43. The van der Waals surface area contributed by atoms with Crippen molar-refractivity contribution < 1.29 is 5.11 Å². The van der Waals surface area contributed by atoms with Crippen molar-refractivity contribution in [1.82, 2.24) is 5.32 Å². The maximum atomic E-state index is 9.46. The lowest BCUT2D eigenvalue weighted by atomic mass is 10.1. The Bertz CT molecular complexity index is 391. The molecular formula is C17H25NO. The van der Waals surface area contributed by atoms with Crippen LogP contribution in [0.5, 0.6) is 0 Å². The molecule has 2 nitrogen and oxygen atoms in total. The minimum Gasteiger partial charge on any atom is -0.394 e. The first kappa shape index (κ1) is 15.8.